The molecule has 2 aromatic heterocycles. The van der Waals surface area contributed by atoms with Gasteiger partial charge in [0.25, 0.3) is 0 Å². The van der Waals surface area contributed by atoms with E-state index in [4.69, 9.17) is 4.42 Å². The average Bonchev–Trinajstić information content (AvgIpc) is 3.30. The number of carbonyl (C=O) groups is 2. The third-order valence-corrected chi connectivity index (χ3v) is 5.30. The number of anilines is 1. The minimum Gasteiger partial charge on any atom is -0.464 e. The lowest BCUT2D eigenvalue weighted by molar-refractivity contribution is -0.136. The largest absolute Gasteiger partial charge is 0.464 e. The first kappa shape index (κ1) is 17.9. The number of amides is 2. The Morgan fingerprint density at radius 1 is 1.04 bits per heavy atom. The lowest BCUT2D eigenvalue weighted by Crippen LogP contribution is -2.36. The van der Waals surface area contributed by atoms with Gasteiger partial charge in [0, 0.05) is 17.1 Å². The van der Waals surface area contributed by atoms with E-state index in [0.29, 0.717) is 18.7 Å². The van der Waals surface area contributed by atoms with Gasteiger partial charge in [0.15, 0.2) is 0 Å². The highest BCUT2D eigenvalue weighted by molar-refractivity contribution is 7.15. The monoisotopic (exact) mass is 368 g/mol. The van der Waals surface area contributed by atoms with Crippen molar-refractivity contribution in [2.75, 3.05) is 11.9 Å². The SMILES string of the molecule is Cc1cccc(NC(=O)C(=O)NCCc2ccc(-c3ccco3)s2)c1C. The van der Waals surface area contributed by atoms with Crippen LogP contribution in [0.4, 0.5) is 5.69 Å². The molecule has 0 bridgehead atoms. The van der Waals surface area contributed by atoms with Crippen molar-refractivity contribution in [2.24, 2.45) is 0 Å². The zero-order chi connectivity index (χ0) is 18.5. The van der Waals surface area contributed by atoms with Gasteiger partial charge < -0.3 is 15.1 Å². The van der Waals surface area contributed by atoms with Gasteiger partial charge in [-0.2, -0.15) is 0 Å². The summed E-state index contributed by atoms with van der Waals surface area (Å²) in [6.45, 7) is 4.27. The molecule has 3 aromatic rings. The van der Waals surface area contributed by atoms with Gasteiger partial charge in [-0.1, -0.05) is 12.1 Å². The summed E-state index contributed by atoms with van der Waals surface area (Å²) in [5.41, 5.74) is 2.68. The summed E-state index contributed by atoms with van der Waals surface area (Å²) < 4.78 is 5.37. The Kier molecular flexibility index (Phi) is 5.53. The number of rotatable bonds is 5. The number of carbonyl (C=O) groups excluding carboxylic acids is 2. The number of furan rings is 1. The van der Waals surface area contributed by atoms with Crippen LogP contribution in [0.25, 0.3) is 10.6 Å². The Balaban J connectivity index is 1.49. The van der Waals surface area contributed by atoms with Crippen LogP contribution in [-0.4, -0.2) is 18.4 Å². The first-order chi connectivity index (χ1) is 12.5. The third-order valence-electron chi connectivity index (χ3n) is 4.14. The molecule has 2 N–H and O–H groups in total. The number of hydrogen-bond acceptors (Lipinski definition) is 4. The molecule has 134 valence electrons. The Labute approximate surface area is 156 Å². The number of aryl methyl sites for hydroxylation is 1. The van der Waals surface area contributed by atoms with E-state index in [-0.39, 0.29) is 0 Å². The summed E-state index contributed by atoms with van der Waals surface area (Å²) in [6, 6.07) is 13.4. The van der Waals surface area contributed by atoms with Crippen molar-refractivity contribution in [1.82, 2.24) is 5.32 Å². The predicted octanol–water partition coefficient (Wildman–Crippen LogP) is 3.92. The van der Waals surface area contributed by atoms with Crippen LogP contribution in [0.15, 0.2) is 53.1 Å². The second kappa shape index (κ2) is 8.01. The summed E-state index contributed by atoms with van der Waals surface area (Å²) in [4.78, 5) is 26.2. The van der Waals surface area contributed by atoms with E-state index in [2.05, 4.69) is 10.6 Å². The average molecular weight is 368 g/mol. The lowest BCUT2D eigenvalue weighted by Gasteiger charge is -2.10. The normalized spacial score (nSPS) is 10.5. The molecule has 6 heteroatoms. The standard InChI is InChI=1S/C20H20N2O3S/c1-13-5-3-6-16(14(13)2)22-20(24)19(23)21-11-10-15-8-9-18(26-15)17-7-4-12-25-17/h3-9,12H,10-11H2,1-2H3,(H,21,23)(H,22,24). The molecule has 0 aliphatic carbocycles. The molecule has 2 heterocycles. The summed E-state index contributed by atoms with van der Waals surface area (Å²) in [5, 5.41) is 5.32. The van der Waals surface area contributed by atoms with Crippen LogP contribution < -0.4 is 10.6 Å². The molecule has 0 fully saturated rings. The van der Waals surface area contributed by atoms with Crippen LogP contribution in [0, 0.1) is 13.8 Å². The second-order valence-electron chi connectivity index (χ2n) is 5.95. The van der Waals surface area contributed by atoms with Crippen LogP contribution in [0.1, 0.15) is 16.0 Å². The first-order valence-corrected chi connectivity index (χ1v) is 9.14. The molecule has 0 radical (unpaired) electrons. The van der Waals surface area contributed by atoms with E-state index in [9.17, 15) is 9.59 Å². The van der Waals surface area contributed by atoms with Gasteiger partial charge in [-0.3, -0.25) is 9.59 Å². The smallest absolute Gasteiger partial charge is 0.313 e. The predicted molar refractivity (Wildman–Crippen MR) is 103 cm³/mol. The minimum absolute atomic E-state index is 0.400. The zero-order valence-corrected chi connectivity index (χ0v) is 15.5. The summed E-state index contributed by atoms with van der Waals surface area (Å²) in [5.74, 6) is -0.451. The molecule has 0 aliphatic rings. The highest BCUT2D eigenvalue weighted by Gasteiger charge is 2.15. The molecule has 0 saturated heterocycles. The van der Waals surface area contributed by atoms with E-state index < -0.39 is 11.8 Å². The number of benzene rings is 1. The van der Waals surface area contributed by atoms with Crippen molar-refractivity contribution in [2.45, 2.75) is 20.3 Å². The Hall–Kier alpha value is -2.86. The molecule has 1 aromatic carbocycles. The van der Waals surface area contributed by atoms with Crippen LogP contribution in [-0.2, 0) is 16.0 Å². The molecular weight excluding hydrogens is 348 g/mol. The van der Waals surface area contributed by atoms with E-state index in [1.165, 1.54) is 0 Å². The highest BCUT2D eigenvalue weighted by Crippen LogP contribution is 2.28. The maximum absolute atomic E-state index is 12.0. The first-order valence-electron chi connectivity index (χ1n) is 8.32. The molecule has 0 aliphatic heterocycles. The third kappa shape index (κ3) is 4.21. The lowest BCUT2D eigenvalue weighted by atomic mass is 10.1. The van der Waals surface area contributed by atoms with Gasteiger partial charge in [0.05, 0.1) is 11.1 Å². The molecule has 5 nitrogen and oxygen atoms in total. The molecular formula is C20H20N2O3S. The minimum atomic E-state index is -0.652. The molecule has 2 amide bonds. The fraction of sp³-hybridized carbons (Fsp3) is 0.200. The summed E-state index contributed by atoms with van der Waals surface area (Å²) in [6.07, 6.45) is 2.30. The van der Waals surface area contributed by atoms with Crippen molar-refractivity contribution in [1.29, 1.82) is 0 Å². The van der Waals surface area contributed by atoms with Crippen molar-refractivity contribution < 1.29 is 14.0 Å². The molecule has 0 atom stereocenters. The fourth-order valence-corrected chi connectivity index (χ4v) is 3.48. The quantitative estimate of drug-likeness (QED) is 0.671. The molecule has 0 saturated carbocycles. The van der Waals surface area contributed by atoms with E-state index in [1.54, 1.807) is 23.7 Å². The van der Waals surface area contributed by atoms with Gasteiger partial charge in [0.1, 0.15) is 5.76 Å². The molecule has 0 spiro atoms. The van der Waals surface area contributed by atoms with Crippen LogP contribution >= 0.6 is 11.3 Å². The maximum atomic E-state index is 12.0. The number of nitrogens with one attached hydrogen (secondary N) is 2. The zero-order valence-electron chi connectivity index (χ0n) is 14.7. The van der Waals surface area contributed by atoms with Crippen LogP contribution in [0.3, 0.4) is 0 Å². The van der Waals surface area contributed by atoms with Gasteiger partial charge in [-0.05, 0) is 61.7 Å². The van der Waals surface area contributed by atoms with Crippen LogP contribution in [0.2, 0.25) is 0 Å². The van der Waals surface area contributed by atoms with Crippen LogP contribution in [0.5, 0.6) is 0 Å². The van der Waals surface area contributed by atoms with Gasteiger partial charge in [-0.15, -0.1) is 11.3 Å². The molecule has 0 unspecified atom stereocenters. The summed E-state index contributed by atoms with van der Waals surface area (Å²) >= 11 is 1.61. The highest BCUT2D eigenvalue weighted by atomic mass is 32.1. The van der Waals surface area contributed by atoms with Crippen molar-refractivity contribution in [3.63, 3.8) is 0 Å². The van der Waals surface area contributed by atoms with Gasteiger partial charge in [-0.25, -0.2) is 0 Å². The Morgan fingerprint density at radius 3 is 2.65 bits per heavy atom. The van der Waals surface area contributed by atoms with E-state index in [0.717, 1.165) is 26.6 Å². The van der Waals surface area contributed by atoms with Crippen molar-refractivity contribution in [3.8, 4) is 10.6 Å². The summed E-state index contributed by atoms with van der Waals surface area (Å²) in [7, 11) is 0. The topological polar surface area (TPSA) is 71.3 Å². The Bertz CT molecular complexity index is 913. The second-order valence-corrected chi connectivity index (χ2v) is 7.12. The van der Waals surface area contributed by atoms with Crippen molar-refractivity contribution in [3.05, 3.63) is 64.7 Å². The number of hydrogen-bond donors (Lipinski definition) is 2. The van der Waals surface area contributed by atoms with Crippen molar-refractivity contribution >= 4 is 28.8 Å². The maximum Gasteiger partial charge on any atom is 0.313 e. The molecule has 26 heavy (non-hydrogen) atoms. The fourth-order valence-electron chi connectivity index (χ4n) is 2.51. The number of thiophene rings is 1. The van der Waals surface area contributed by atoms with Gasteiger partial charge >= 0.3 is 11.8 Å². The van der Waals surface area contributed by atoms with E-state index >= 15 is 0 Å². The molecule has 3 rings (SSSR count). The van der Waals surface area contributed by atoms with E-state index in [1.807, 2.05) is 50.2 Å². The van der Waals surface area contributed by atoms with Gasteiger partial charge in [0.2, 0.25) is 0 Å². The Morgan fingerprint density at radius 2 is 1.88 bits per heavy atom.